The molecule has 4 nitrogen and oxygen atoms in total. The van der Waals surface area contributed by atoms with Crippen molar-refractivity contribution in [3.05, 3.63) is 17.5 Å². The van der Waals surface area contributed by atoms with Gasteiger partial charge in [0, 0.05) is 12.8 Å². The molecule has 0 fully saturated rings. The van der Waals surface area contributed by atoms with Gasteiger partial charge in [0.25, 0.3) is 0 Å². The molecule has 0 unspecified atom stereocenters. The highest BCUT2D eigenvalue weighted by Gasteiger charge is 2.11. The first kappa shape index (κ1) is 8.44. The van der Waals surface area contributed by atoms with Crippen LogP contribution in [0.1, 0.15) is 17.8 Å². The van der Waals surface area contributed by atoms with Gasteiger partial charge in [-0.15, -0.1) is 0 Å². The van der Waals surface area contributed by atoms with Gasteiger partial charge in [-0.2, -0.15) is 5.10 Å². The second-order valence-corrected chi connectivity index (χ2v) is 3.34. The molecule has 1 aromatic heterocycles. The molecule has 0 amide bonds. The normalized spacial score (nSPS) is 21.2. The van der Waals surface area contributed by atoms with Crippen LogP contribution >= 0.6 is 0 Å². The molecule has 0 aliphatic carbocycles. The number of rotatable bonds is 1. The molecule has 0 spiro atoms. The fourth-order valence-corrected chi connectivity index (χ4v) is 1.51. The van der Waals surface area contributed by atoms with Crippen molar-refractivity contribution in [1.82, 2.24) is 9.78 Å². The maximum absolute atomic E-state index is 8.94. The zero-order valence-corrected chi connectivity index (χ0v) is 7.64. The first-order chi connectivity index (χ1) is 6.29. The van der Waals surface area contributed by atoms with Gasteiger partial charge in [-0.05, 0) is 19.4 Å². The van der Waals surface area contributed by atoms with E-state index in [-0.39, 0.29) is 12.6 Å². The van der Waals surface area contributed by atoms with Gasteiger partial charge in [0.1, 0.15) is 0 Å². The van der Waals surface area contributed by atoms with Crippen molar-refractivity contribution in [1.29, 1.82) is 0 Å². The van der Waals surface area contributed by atoms with Crippen LogP contribution in [0, 0.1) is 6.92 Å². The minimum Gasteiger partial charge on any atom is -0.394 e. The predicted molar refractivity (Wildman–Crippen MR) is 50.0 cm³/mol. The van der Waals surface area contributed by atoms with Crippen molar-refractivity contribution in [3.8, 4) is 0 Å². The Morgan fingerprint density at radius 3 is 3.31 bits per heavy atom. The van der Waals surface area contributed by atoms with Gasteiger partial charge >= 0.3 is 0 Å². The summed E-state index contributed by atoms with van der Waals surface area (Å²) in [5, 5.41) is 13.3. The Hall–Kier alpha value is -1.16. The van der Waals surface area contributed by atoms with Crippen LogP contribution in [0.3, 0.4) is 0 Å². The highest BCUT2D eigenvalue weighted by molar-refractivity contribution is 5.77. The molecule has 0 radical (unpaired) electrons. The molecule has 0 saturated heterocycles. The highest BCUT2D eigenvalue weighted by Crippen LogP contribution is 2.09. The fraction of sp³-hybridized carbons (Fsp3) is 0.556. The summed E-state index contributed by atoms with van der Waals surface area (Å²) in [7, 11) is 0. The Labute approximate surface area is 76.9 Å². The Morgan fingerprint density at radius 1 is 1.69 bits per heavy atom. The number of aryl methyl sites for hydroxylation is 2. The van der Waals surface area contributed by atoms with E-state index in [0.29, 0.717) is 0 Å². The lowest BCUT2D eigenvalue weighted by atomic mass is 10.2. The Balaban J connectivity index is 2.27. The van der Waals surface area contributed by atoms with Crippen molar-refractivity contribution in [2.24, 2.45) is 4.99 Å². The molecule has 1 atom stereocenters. The highest BCUT2D eigenvalue weighted by atomic mass is 16.3. The Bertz CT molecular complexity index is 330. The third-order valence-corrected chi connectivity index (χ3v) is 2.24. The van der Waals surface area contributed by atoms with Crippen molar-refractivity contribution < 1.29 is 5.11 Å². The average Bonchev–Trinajstić information content (AvgIpc) is 2.37. The molecule has 1 aromatic rings. The van der Waals surface area contributed by atoms with E-state index in [2.05, 4.69) is 10.1 Å². The summed E-state index contributed by atoms with van der Waals surface area (Å²) >= 11 is 0. The smallest absolute Gasteiger partial charge is 0.0791 e. The monoisotopic (exact) mass is 179 g/mol. The SMILES string of the molecule is Cc1cc2n(n1)CC[C@@H](CO)N=C2. The number of nitrogens with zero attached hydrogens (tertiary/aromatic N) is 3. The van der Waals surface area contributed by atoms with Crippen LogP contribution in [-0.4, -0.2) is 33.8 Å². The number of fused-ring (bicyclic) bond motifs is 1. The van der Waals surface area contributed by atoms with Gasteiger partial charge in [-0.1, -0.05) is 0 Å². The van der Waals surface area contributed by atoms with Gasteiger partial charge in [0.15, 0.2) is 0 Å². The minimum atomic E-state index is 0.0435. The van der Waals surface area contributed by atoms with Crippen LogP contribution in [0.15, 0.2) is 11.1 Å². The second-order valence-electron chi connectivity index (χ2n) is 3.34. The molecule has 0 bridgehead atoms. The molecular weight excluding hydrogens is 166 g/mol. The van der Waals surface area contributed by atoms with E-state index in [0.717, 1.165) is 24.4 Å². The summed E-state index contributed by atoms with van der Waals surface area (Å²) in [6.45, 7) is 2.94. The van der Waals surface area contributed by atoms with Gasteiger partial charge in [0.2, 0.25) is 0 Å². The number of aliphatic hydroxyl groups is 1. The molecule has 70 valence electrons. The lowest BCUT2D eigenvalue weighted by Gasteiger charge is -2.05. The summed E-state index contributed by atoms with van der Waals surface area (Å²) in [5.41, 5.74) is 2.05. The molecule has 1 aliphatic rings. The number of hydrogen-bond acceptors (Lipinski definition) is 3. The van der Waals surface area contributed by atoms with E-state index in [9.17, 15) is 0 Å². The minimum absolute atomic E-state index is 0.0435. The van der Waals surface area contributed by atoms with E-state index in [1.807, 2.05) is 17.7 Å². The van der Waals surface area contributed by atoms with Crippen molar-refractivity contribution >= 4 is 6.21 Å². The van der Waals surface area contributed by atoms with Gasteiger partial charge in [-0.25, -0.2) is 0 Å². The molecule has 13 heavy (non-hydrogen) atoms. The number of aliphatic hydroxyl groups excluding tert-OH is 1. The zero-order valence-electron chi connectivity index (χ0n) is 7.64. The molecule has 2 rings (SSSR count). The van der Waals surface area contributed by atoms with Crippen molar-refractivity contribution in [3.63, 3.8) is 0 Å². The van der Waals surface area contributed by atoms with Crippen LogP contribution in [0.4, 0.5) is 0 Å². The quantitative estimate of drug-likeness (QED) is 0.677. The van der Waals surface area contributed by atoms with Crippen molar-refractivity contribution in [2.45, 2.75) is 25.9 Å². The van der Waals surface area contributed by atoms with Crippen LogP contribution in [0.25, 0.3) is 0 Å². The first-order valence-electron chi connectivity index (χ1n) is 4.48. The van der Waals surface area contributed by atoms with E-state index in [1.165, 1.54) is 0 Å². The first-order valence-corrected chi connectivity index (χ1v) is 4.48. The summed E-state index contributed by atoms with van der Waals surface area (Å²) in [5.74, 6) is 0. The Morgan fingerprint density at radius 2 is 2.54 bits per heavy atom. The van der Waals surface area contributed by atoms with E-state index < -0.39 is 0 Å². The second kappa shape index (κ2) is 3.30. The third kappa shape index (κ3) is 1.62. The van der Waals surface area contributed by atoms with Gasteiger partial charge in [0.05, 0.1) is 24.0 Å². The molecule has 4 heteroatoms. The topological polar surface area (TPSA) is 50.4 Å². The van der Waals surface area contributed by atoms with E-state index in [4.69, 9.17) is 5.11 Å². The average molecular weight is 179 g/mol. The van der Waals surface area contributed by atoms with E-state index in [1.54, 1.807) is 6.21 Å². The zero-order chi connectivity index (χ0) is 9.26. The molecule has 0 saturated carbocycles. The lowest BCUT2D eigenvalue weighted by Crippen LogP contribution is -2.12. The lowest BCUT2D eigenvalue weighted by molar-refractivity contribution is 0.257. The summed E-state index contributed by atoms with van der Waals surface area (Å²) in [6.07, 6.45) is 2.66. The van der Waals surface area contributed by atoms with Crippen LogP contribution in [0.2, 0.25) is 0 Å². The van der Waals surface area contributed by atoms with E-state index >= 15 is 0 Å². The number of hydrogen-bond donors (Lipinski definition) is 1. The predicted octanol–water partition coefficient (Wildman–Crippen LogP) is 0.375. The fourth-order valence-electron chi connectivity index (χ4n) is 1.51. The summed E-state index contributed by atoms with van der Waals surface area (Å²) in [4.78, 5) is 4.26. The maximum atomic E-state index is 8.94. The summed E-state index contributed by atoms with van der Waals surface area (Å²) < 4.78 is 1.94. The molecule has 0 aromatic carbocycles. The largest absolute Gasteiger partial charge is 0.394 e. The molecule has 2 heterocycles. The molecule has 1 aliphatic heterocycles. The van der Waals surface area contributed by atoms with Crippen LogP contribution < -0.4 is 0 Å². The van der Waals surface area contributed by atoms with Gasteiger partial charge < -0.3 is 5.11 Å². The molecular formula is C9H13N3O. The Kier molecular flexibility index (Phi) is 2.14. The number of aliphatic imine (C=N–C) groups is 1. The number of aromatic nitrogens is 2. The third-order valence-electron chi connectivity index (χ3n) is 2.24. The van der Waals surface area contributed by atoms with Crippen molar-refractivity contribution in [2.75, 3.05) is 6.61 Å². The van der Waals surface area contributed by atoms with Crippen LogP contribution in [0.5, 0.6) is 0 Å². The molecule has 1 N–H and O–H groups in total. The van der Waals surface area contributed by atoms with Gasteiger partial charge in [-0.3, -0.25) is 9.67 Å². The summed E-state index contributed by atoms with van der Waals surface area (Å²) in [6, 6.07) is 2.05. The maximum Gasteiger partial charge on any atom is 0.0791 e. The standard InChI is InChI=1S/C9H13N3O/c1-7-4-9-5-10-8(6-13)2-3-12(9)11-7/h4-5,8,13H,2-3,6H2,1H3/t8-/m0/s1. The van der Waals surface area contributed by atoms with Crippen LogP contribution in [-0.2, 0) is 6.54 Å².